The molecule has 20 heavy (non-hydrogen) atoms. The summed E-state index contributed by atoms with van der Waals surface area (Å²) in [6, 6.07) is 9.76. The van der Waals surface area contributed by atoms with Crippen LogP contribution >= 0.6 is 0 Å². The number of hydrogen-bond donors (Lipinski definition) is 0. The fourth-order valence-corrected chi connectivity index (χ4v) is 1.76. The molecule has 104 valence electrons. The lowest BCUT2D eigenvalue weighted by atomic mass is 10.1. The molecule has 0 unspecified atom stereocenters. The minimum atomic E-state index is -0.535. The number of halogens is 1. The van der Waals surface area contributed by atoms with Crippen molar-refractivity contribution in [2.75, 3.05) is 0 Å². The summed E-state index contributed by atoms with van der Waals surface area (Å²) in [5, 5.41) is 10.9. The zero-order chi connectivity index (χ0) is 13.8. The van der Waals surface area contributed by atoms with Gasteiger partial charge in [0.15, 0.2) is 12.4 Å². The van der Waals surface area contributed by atoms with Crippen molar-refractivity contribution in [1.82, 2.24) is 0 Å². The van der Waals surface area contributed by atoms with Gasteiger partial charge < -0.3 is 17.0 Å². The molecular weight excluding hydrogens is 324 g/mol. The lowest BCUT2D eigenvalue weighted by Crippen LogP contribution is -3.00. The van der Waals surface area contributed by atoms with Crippen LogP contribution < -0.4 is 21.5 Å². The average Bonchev–Trinajstić information content (AvgIpc) is 2.41. The van der Waals surface area contributed by atoms with Crippen molar-refractivity contribution in [2.45, 2.75) is 13.5 Å². The number of rotatable bonds is 4. The van der Waals surface area contributed by atoms with E-state index in [1.165, 1.54) is 12.1 Å². The van der Waals surface area contributed by atoms with Gasteiger partial charge in [0.2, 0.25) is 12.3 Å². The number of pyridine rings is 1. The number of carbonyl (C=O) groups is 1. The Bertz CT molecular complexity index is 627. The predicted molar refractivity (Wildman–Crippen MR) is 68.8 cm³/mol. The highest BCUT2D eigenvalue weighted by atomic mass is 79.9. The van der Waals surface area contributed by atoms with E-state index >= 15 is 0 Å². The van der Waals surface area contributed by atoms with Crippen molar-refractivity contribution in [1.29, 1.82) is 0 Å². The van der Waals surface area contributed by atoms with Gasteiger partial charge in [0.25, 0.3) is 5.69 Å². The molecule has 0 radical (unpaired) electrons. The maximum Gasteiger partial charge on any atom is 0.280 e. The maximum absolute atomic E-state index is 12.1. The zero-order valence-corrected chi connectivity index (χ0v) is 12.4. The molecule has 0 aliphatic rings. The first kappa shape index (κ1) is 16.0. The Morgan fingerprint density at radius 2 is 1.80 bits per heavy atom. The van der Waals surface area contributed by atoms with Crippen LogP contribution in [0.1, 0.15) is 15.9 Å². The molecule has 2 aromatic rings. The molecule has 0 aliphatic heterocycles. The van der Waals surface area contributed by atoms with E-state index < -0.39 is 4.92 Å². The van der Waals surface area contributed by atoms with E-state index in [1.54, 1.807) is 29.1 Å². The third kappa shape index (κ3) is 3.71. The number of ketones is 1. The van der Waals surface area contributed by atoms with E-state index in [1.807, 2.05) is 19.1 Å². The van der Waals surface area contributed by atoms with Crippen LogP contribution in [0.3, 0.4) is 0 Å². The van der Waals surface area contributed by atoms with Gasteiger partial charge in [0, 0.05) is 18.2 Å². The van der Waals surface area contributed by atoms with Gasteiger partial charge in [-0.2, -0.15) is 4.57 Å². The van der Waals surface area contributed by atoms with Gasteiger partial charge in [-0.3, -0.25) is 14.9 Å². The van der Waals surface area contributed by atoms with E-state index in [0.717, 1.165) is 5.56 Å². The second kappa shape index (κ2) is 6.91. The van der Waals surface area contributed by atoms with Crippen LogP contribution in [0.25, 0.3) is 0 Å². The number of nitro benzene ring substituents is 1. The first-order chi connectivity index (χ1) is 9.08. The second-order valence-electron chi connectivity index (χ2n) is 4.25. The fourth-order valence-electron chi connectivity index (χ4n) is 1.76. The van der Waals surface area contributed by atoms with Crippen LogP contribution in [-0.2, 0) is 6.54 Å². The van der Waals surface area contributed by atoms with Gasteiger partial charge in [-0.1, -0.05) is 12.1 Å². The SMILES string of the molecule is Cc1cc[n+](CC(=O)c2ccccc2[N+](=O)[O-])cc1.[Br-]. The number of hydrogen-bond acceptors (Lipinski definition) is 3. The van der Waals surface area contributed by atoms with Crippen LogP contribution in [0.4, 0.5) is 5.69 Å². The molecule has 0 aliphatic carbocycles. The van der Waals surface area contributed by atoms with Crippen molar-refractivity contribution < 1.29 is 31.3 Å². The summed E-state index contributed by atoms with van der Waals surface area (Å²) < 4.78 is 1.70. The molecule has 0 atom stereocenters. The topological polar surface area (TPSA) is 64.1 Å². The summed E-state index contributed by atoms with van der Waals surface area (Å²) in [5.41, 5.74) is 1.08. The molecule has 0 saturated carbocycles. The Labute approximate surface area is 126 Å². The molecular formula is C14H13BrN2O3. The molecule has 0 N–H and O–H groups in total. The highest BCUT2D eigenvalue weighted by Gasteiger charge is 2.21. The van der Waals surface area contributed by atoms with Crippen molar-refractivity contribution in [3.63, 3.8) is 0 Å². The smallest absolute Gasteiger partial charge is 0.280 e. The molecule has 0 saturated heterocycles. The number of Topliss-reactive ketones (excluding diaryl/α,β-unsaturated/α-hetero) is 1. The van der Waals surface area contributed by atoms with Crippen LogP contribution in [-0.4, -0.2) is 10.7 Å². The third-order valence-corrected chi connectivity index (χ3v) is 2.79. The van der Waals surface area contributed by atoms with E-state index in [2.05, 4.69) is 0 Å². The van der Waals surface area contributed by atoms with E-state index in [-0.39, 0.29) is 40.6 Å². The zero-order valence-electron chi connectivity index (χ0n) is 10.8. The molecule has 0 amide bonds. The van der Waals surface area contributed by atoms with E-state index in [0.29, 0.717) is 0 Å². The quantitative estimate of drug-likeness (QED) is 0.314. The number of nitro groups is 1. The Hall–Kier alpha value is -2.08. The molecule has 0 bridgehead atoms. The van der Waals surface area contributed by atoms with E-state index in [4.69, 9.17) is 0 Å². The van der Waals surface area contributed by atoms with Crippen molar-refractivity contribution in [3.8, 4) is 0 Å². The Kier molecular flexibility index (Phi) is 5.52. The fraction of sp³-hybridized carbons (Fsp3) is 0.143. The number of aryl methyl sites for hydroxylation is 1. The Morgan fingerprint density at radius 1 is 1.20 bits per heavy atom. The average molecular weight is 337 g/mol. The number of para-hydroxylation sites is 1. The number of carbonyl (C=O) groups excluding carboxylic acids is 1. The summed E-state index contributed by atoms with van der Waals surface area (Å²) in [6.07, 6.45) is 3.56. The summed E-state index contributed by atoms with van der Waals surface area (Å²) in [7, 11) is 0. The largest absolute Gasteiger partial charge is 1.00 e. The minimum Gasteiger partial charge on any atom is -1.00 e. The molecule has 1 aromatic heterocycles. The van der Waals surface area contributed by atoms with Crippen molar-refractivity contribution in [2.24, 2.45) is 0 Å². The van der Waals surface area contributed by atoms with Crippen molar-refractivity contribution in [3.05, 3.63) is 70.0 Å². The molecule has 2 rings (SSSR count). The van der Waals surface area contributed by atoms with Crippen LogP contribution in [0, 0.1) is 17.0 Å². The van der Waals surface area contributed by atoms with Gasteiger partial charge in [-0.05, 0) is 18.6 Å². The third-order valence-electron chi connectivity index (χ3n) is 2.79. The van der Waals surface area contributed by atoms with Gasteiger partial charge in [-0.25, -0.2) is 0 Å². The molecule has 5 nitrogen and oxygen atoms in total. The predicted octanol–water partition coefficient (Wildman–Crippen LogP) is -0.922. The first-order valence-corrected chi connectivity index (χ1v) is 5.80. The number of nitrogens with zero attached hydrogens (tertiary/aromatic N) is 2. The molecule has 0 fully saturated rings. The Balaban J connectivity index is 0.00000200. The number of benzene rings is 1. The van der Waals surface area contributed by atoms with Crippen LogP contribution in [0.2, 0.25) is 0 Å². The summed E-state index contributed by atoms with van der Waals surface area (Å²) >= 11 is 0. The van der Waals surface area contributed by atoms with Gasteiger partial charge in [0.1, 0.15) is 5.56 Å². The van der Waals surface area contributed by atoms with Gasteiger partial charge in [0.05, 0.1) is 4.92 Å². The number of aromatic nitrogens is 1. The second-order valence-corrected chi connectivity index (χ2v) is 4.25. The normalized spacial score (nSPS) is 9.65. The van der Waals surface area contributed by atoms with Gasteiger partial charge in [-0.15, -0.1) is 0 Å². The summed E-state index contributed by atoms with van der Waals surface area (Å²) in [4.78, 5) is 22.4. The van der Waals surface area contributed by atoms with Crippen LogP contribution in [0.15, 0.2) is 48.8 Å². The summed E-state index contributed by atoms with van der Waals surface area (Å²) in [5.74, 6) is -0.277. The molecule has 1 aromatic carbocycles. The molecule has 6 heteroatoms. The Morgan fingerprint density at radius 3 is 2.40 bits per heavy atom. The molecule has 0 spiro atoms. The van der Waals surface area contributed by atoms with Crippen molar-refractivity contribution >= 4 is 11.5 Å². The van der Waals surface area contributed by atoms with Crippen LogP contribution in [0.5, 0.6) is 0 Å². The lowest BCUT2D eigenvalue weighted by Gasteiger charge is -2.00. The standard InChI is InChI=1S/C14H13N2O3.BrH/c1-11-6-8-15(9-7-11)10-14(17)12-4-2-3-5-13(12)16(18)19;/h2-9H,10H2,1H3;1H/q+1;/p-1. The highest BCUT2D eigenvalue weighted by Crippen LogP contribution is 2.17. The minimum absolute atomic E-state index is 0. The molecule has 1 heterocycles. The lowest BCUT2D eigenvalue weighted by molar-refractivity contribution is -0.683. The monoisotopic (exact) mass is 336 g/mol. The first-order valence-electron chi connectivity index (χ1n) is 5.80. The van der Waals surface area contributed by atoms with Gasteiger partial charge >= 0.3 is 0 Å². The highest BCUT2D eigenvalue weighted by molar-refractivity contribution is 5.98. The summed E-state index contributed by atoms with van der Waals surface area (Å²) in [6.45, 7) is 2.04. The maximum atomic E-state index is 12.1. The van der Waals surface area contributed by atoms with E-state index in [9.17, 15) is 14.9 Å².